The SMILES string of the molecule is CC1=C\[C@@H](C)C[C@]2(C)CC[C@H](O2)[C@]23CC[C@](C(=O)O)(C[C@H](O2)[C@@H]2O[C@@](C)(CC2=O)[C@H](O)[C@H]2CC[C@@]4(CCC[C@@H](O4)[C@H](C)C(=O)O[C@H]4C[C@H]([C@]5(O)OCC[C@H](C)[C@@H]5O)O[C@H]4\C=C\1)O2)O3. The summed E-state index contributed by atoms with van der Waals surface area (Å²) in [5.41, 5.74) is -2.63. The summed E-state index contributed by atoms with van der Waals surface area (Å²) in [6.07, 6.45) is 2.32. The minimum atomic E-state index is -1.99. The lowest BCUT2D eigenvalue weighted by molar-refractivity contribution is -0.358. The van der Waals surface area contributed by atoms with Gasteiger partial charge in [-0.3, -0.25) is 9.59 Å². The van der Waals surface area contributed by atoms with Crippen LogP contribution in [-0.4, -0.2) is 140 Å². The third kappa shape index (κ3) is 8.18. The zero-order chi connectivity index (χ0) is 44.9. The maximum Gasteiger partial charge on any atom is 0.336 e. The van der Waals surface area contributed by atoms with Crippen molar-refractivity contribution in [3.05, 3.63) is 23.8 Å². The molecule has 19 atom stereocenters. The van der Waals surface area contributed by atoms with Gasteiger partial charge in [-0.25, -0.2) is 4.79 Å². The molecule has 16 heteroatoms. The highest BCUT2D eigenvalue weighted by atomic mass is 16.8. The van der Waals surface area contributed by atoms with Crippen molar-refractivity contribution in [1.82, 2.24) is 0 Å². The number of fused-ring (bicyclic) bond motifs is 10. The largest absolute Gasteiger partial charge is 0.479 e. The van der Waals surface area contributed by atoms with E-state index in [0.29, 0.717) is 57.8 Å². The Morgan fingerprint density at radius 3 is 2.37 bits per heavy atom. The highest BCUT2D eigenvalue weighted by molar-refractivity contribution is 5.87. The molecule has 63 heavy (non-hydrogen) atoms. The van der Waals surface area contributed by atoms with E-state index < -0.39 is 113 Å². The van der Waals surface area contributed by atoms with Gasteiger partial charge in [0.15, 0.2) is 23.0 Å². The van der Waals surface area contributed by atoms with Crippen molar-refractivity contribution in [2.24, 2.45) is 17.8 Å². The lowest BCUT2D eigenvalue weighted by Crippen LogP contribution is -2.60. The second-order valence-electron chi connectivity index (χ2n) is 21.1. The highest BCUT2D eigenvalue weighted by Gasteiger charge is 2.68. The van der Waals surface area contributed by atoms with Crippen LogP contribution >= 0.6 is 0 Å². The maximum atomic E-state index is 14.1. The molecule has 8 saturated heterocycles. The van der Waals surface area contributed by atoms with Crippen LogP contribution in [0.4, 0.5) is 0 Å². The van der Waals surface area contributed by atoms with Crippen LogP contribution in [0, 0.1) is 17.8 Å². The van der Waals surface area contributed by atoms with Gasteiger partial charge in [-0.05, 0) is 90.9 Å². The number of hydrogen-bond acceptors (Lipinski definition) is 15. The summed E-state index contributed by atoms with van der Waals surface area (Å²) in [5.74, 6) is -7.29. The summed E-state index contributed by atoms with van der Waals surface area (Å²) < 4.78 is 58.2. The molecule has 10 bridgehead atoms. The predicted octanol–water partition coefficient (Wildman–Crippen LogP) is 4.32. The average Bonchev–Trinajstić information content (AvgIpc) is 4.06. The first kappa shape index (κ1) is 45.8. The number of ketones is 1. The Hall–Kier alpha value is -2.35. The van der Waals surface area contributed by atoms with Crippen LogP contribution in [0.3, 0.4) is 0 Å². The first-order chi connectivity index (χ1) is 29.7. The van der Waals surface area contributed by atoms with E-state index in [0.717, 1.165) is 5.57 Å². The van der Waals surface area contributed by atoms with Crippen molar-refractivity contribution in [2.45, 2.75) is 227 Å². The Morgan fingerprint density at radius 2 is 1.59 bits per heavy atom. The molecule has 0 aromatic carbocycles. The predicted molar refractivity (Wildman–Crippen MR) is 220 cm³/mol. The van der Waals surface area contributed by atoms with Gasteiger partial charge in [0.2, 0.25) is 5.79 Å². The summed E-state index contributed by atoms with van der Waals surface area (Å²) in [5, 5.41) is 45.4. The number of ether oxygens (including phenoxy) is 9. The summed E-state index contributed by atoms with van der Waals surface area (Å²) in [6, 6.07) is 0. The molecule has 0 aromatic heterocycles. The highest BCUT2D eigenvalue weighted by Crippen LogP contribution is 2.55. The molecular formula is C47H68O16. The molecule has 0 aromatic rings. The minimum Gasteiger partial charge on any atom is -0.479 e. The molecule has 9 heterocycles. The molecule has 8 fully saturated rings. The minimum absolute atomic E-state index is 0.0310. The van der Waals surface area contributed by atoms with E-state index in [1.54, 1.807) is 13.8 Å². The number of carbonyl (C=O) groups is 3. The van der Waals surface area contributed by atoms with E-state index in [4.69, 9.17) is 42.6 Å². The molecule has 4 N–H and O–H groups in total. The molecule has 0 aliphatic carbocycles. The van der Waals surface area contributed by atoms with Crippen LogP contribution in [0.2, 0.25) is 0 Å². The standard InChI is InChI=1S/C47H68O16/c1-25-9-10-31-33(21-36(56-31)47(54)38(49)27(3)13-19-55-47)57-40(51)28(4)30-8-7-14-45(58-30)16-11-32(59-45)39(50)43(6)23-29(48)37(62-43)34-24-44(41(52)53)17-18-46(60-34,63-44)35-12-15-42(5,61-35)22-26(2)20-25/h9-10,20,26-28,30-39,49-50,54H,7-8,11-19,21-24H2,1-6H3,(H,52,53)/b10-9+,25-20+/t26-,27+,28+,30-,31+,32-,33+,34+,35+,36-,37-,38+,39-,42+,43+,44-,45-,46-,47+/m1/s1. The quantitative estimate of drug-likeness (QED) is 0.284. The fourth-order valence-electron chi connectivity index (χ4n) is 12.5. The van der Waals surface area contributed by atoms with Crippen molar-refractivity contribution in [1.29, 1.82) is 0 Å². The Balaban J connectivity index is 1.01. The Kier molecular flexibility index (Phi) is 12.0. The number of carboxylic acid groups (broad SMARTS) is 1. The number of Topliss-reactive ketones (excluding diaryl/α,β-unsaturated/α-hetero) is 1. The third-order valence-electron chi connectivity index (χ3n) is 16.0. The van der Waals surface area contributed by atoms with Crippen molar-refractivity contribution >= 4 is 17.7 Å². The number of hydrogen-bond donors (Lipinski definition) is 4. The number of aliphatic hydroxyl groups excluding tert-OH is 2. The summed E-state index contributed by atoms with van der Waals surface area (Å²) in [4.78, 5) is 40.9. The van der Waals surface area contributed by atoms with Gasteiger partial charge < -0.3 is 63.1 Å². The molecule has 352 valence electrons. The maximum absolute atomic E-state index is 14.1. The molecular weight excluding hydrogens is 821 g/mol. The van der Waals surface area contributed by atoms with Crippen molar-refractivity contribution in [3.8, 4) is 0 Å². The van der Waals surface area contributed by atoms with Gasteiger partial charge in [0, 0.05) is 38.5 Å². The first-order valence-electron chi connectivity index (χ1n) is 23.5. The number of carboxylic acids is 1. The van der Waals surface area contributed by atoms with E-state index in [9.17, 15) is 34.8 Å². The third-order valence-corrected chi connectivity index (χ3v) is 16.0. The van der Waals surface area contributed by atoms with Crippen LogP contribution < -0.4 is 0 Å². The fourth-order valence-corrected chi connectivity index (χ4v) is 12.5. The van der Waals surface area contributed by atoms with Crippen molar-refractivity contribution in [3.63, 3.8) is 0 Å². The fraction of sp³-hybridized carbons (Fsp3) is 0.851. The molecule has 9 aliphatic rings. The summed E-state index contributed by atoms with van der Waals surface area (Å²) >= 11 is 0. The van der Waals surface area contributed by atoms with Gasteiger partial charge >= 0.3 is 11.9 Å². The topological polar surface area (TPSA) is 215 Å². The van der Waals surface area contributed by atoms with Gasteiger partial charge in [0.1, 0.15) is 48.3 Å². The van der Waals surface area contributed by atoms with Crippen LogP contribution in [0.1, 0.15) is 131 Å². The van der Waals surface area contributed by atoms with E-state index in [1.807, 2.05) is 32.9 Å². The van der Waals surface area contributed by atoms with Gasteiger partial charge in [-0.2, -0.15) is 0 Å². The molecule has 0 saturated carbocycles. The van der Waals surface area contributed by atoms with Crippen LogP contribution in [0.25, 0.3) is 0 Å². The molecule has 0 unspecified atom stereocenters. The second kappa shape index (κ2) is 16.5. The Bertz CT molecular complexity index is 1860. The van der Waals surface area contributed by atoms with Gasteiger partial charge in [-0.15, -0.1) is 0 Å². The average molecular weight is 889 g/mol. The zero-order valence-electron chi connectivity index (χ0n) is 37.5. The van der Waals surface area contributed by atoms with E-state index in [1.165, 1.54) is 0 Å². The number of carbonyl (C=O) groups excluding carboxylic acids is 2. The van der Waals surface area contributed by atoms with Gasteiger partial charge in [-0.1, -0.05) is 37.6 Å². The van der Waals surface area contributed by atoms with Crippen LogP contribution in [0.5, 0.6) is 0 Å². The zero-order valence-corrected chi connectivity index (χ0v) is 37.5. The van der Waals surface area contributed by atoms with Crippen molar-refractivity contribution < 1.29 is 77.4 Å². The number of rotatable bonds is 2. The van der Waals surface area contributed by atoms with Crippen LogP contribution in [0.15, 0.2) is 23.8 Å². The second-order valence-corrected chi connectivity index (χ2v) is 21.1. The molecule has 0 amide bonds. The van der Waals surface area contributed by atoms with E-state index in [2.05, 4.69) is 13.0 Å². The normalized spacial score (nSPS) is 54.2. The number of allylic oxidation sites excluding steroid dienone is 3. The van der Waals surface area contributed by atoms with E-state index in [-0.39, 0.29) is 56.3 Å². The lowest BCUT2D eigenvalue weighted by atomic mass is 9.87. The van der Waals surface area contributed by atoms with Crippen LogP contribution in [-0.2, 0) is 57.0 Å². The monoisotopic (exact) mass is 888 g/mol. The molecule has 0 radical (unpaired) electrons. The molecule has 16 nitrogen and oxygen atoms in total. The first-order valence-corrected chi connectivity index (χ1v) is 23.5. The molecule has 9 aliphatic heterocycles. The van der Waals surface area contributed by atoms with E-state index >= 15 is 0 Å². The van der Waals surface area contributed by atoms with Gasteiger partial charge in [0.05, 0.1) is 36.4 Å². The molecule has 9 rings (SSSR count). The Labute approximate surface area is 369 Å². The number of aliphatic carboxylic acids is 1. The summed E-state index contributed by atoms with van der Waals surface area (Å²) in [7, 11) is 0. The van der Waals surface area contributed by atoms with Gasteiger partial charge in [0.25, 0.3) is 0 Å². The number of aliphatic hydroxyl groups is 3. The summed E-state index contributed by atoms with van der Waals surface area (Å²) in [6.45, 7) is 11.6. The Morgan fingerprint density at radius 1 is 0.810 bits per heavy atom. The smallest absolute Gasteiger partial charge is 0.336 e. The molecule has 2 spiro atoms. The van der Waals surface area contributed by atoms with Crippen molar-refractivity contribution in [2.75, 3.05) is 6.61 Å². The number of esters is 1. The lowest BCUT2D eigenvalue weighted by Gasteiger charge is -2.46.